The van der Waals surface area contributed by atoms with E-state index in [1.807, 2.05) is 0 Å². The maximum atomic E-state index is 13.0. The van der Waals surface area contributed by atoms with E-state index in [9.17, 15) is 14.7 Å². The number of nitrogens with zero attached hydrogens (tertiary/aromatic N) is 2. The van der Waals surface area contributed by atoms with Gasteiger partial charge in [0.2, 0.25) is 0 Å². The van der Waals surface area contributed by atoms with Crippen molar-refractivity contribution in [2.24, 2.45) is 0 Å². The number of pyridine rings is 1. The smallest absolute Gasteiger partial charge is 0.333 e. The first kappa shape index (κ1) is 18.4. The SMILES string of the molecule is COc1ccc(C(C)(NC(=O)c2cc(C)nc3onc(C)c23)C(=O)O)cc1. The second-order valence-electron chi connectivity index (χ2n) is 6.37. The molecule has 0 aliphatic rings. The Labute approximate surface area is 155 Å². The van der Waals surface area contributed by atoms with Crippen LogP contribution in [0.25, 0.3) is 11.1 Å². The third-order valence-corrected chi connectivity index (χ3v) is 4.45. The van der Waals surface area contributed by atoms with Crippen LogP contribution in [0.2, 0.25) is 0 Å². The van der Waals surface area contributed by atoms with Crippen LogP contribution in [-0.2, 0) is 10.3 Å². The lowest BCUT2D eigenvalue weighted by atomic mass is 9.91. The molecule has 0 spiro atoms. The monoisotopic (exact) mass is 369 g/mol. The molecular weight excluding hydrogens is 350 g/mol. The van der Waals surface area contributed by atoms with Crippen molar-refractivity contribution in [3.63, 3.8) is 0 Å². The highest BCUT2D eigenvalue weighted by Crippen LogP contribution is 2.27. The fraction of sp³-hybridized carbons (Fsp3) is 0.263. The van der Waals surface area contributed by atoms with E-state index in [2.05, 4.69) is 15.5 Å². The number of fused-ring (bicyclic) bond motifs is 1. The Balaban J connectivity index is 2.03. The van der Waals surface area contributed by atoms with E-state index in [-0.39, 0.29) is 11.3 Å². The molecular formula is C19H19N3O5. The minimum atomic E-state index is -1.64. The number of carbonyl (C=O) groups is 2. The molecule has 0 fully saturated rings. The van der Waals surface area contributed by atoms with Gasteiger partial charge >= 0.3 is 5.97 Å². The molecule has 0 aliphatic carbocycles. The van der Waals surface area contributed by atoms with Gasteiger partial charge < -0.3 is 19.7 Å². The van der Waals surface area contributed by atoms with Gasteiger partial charge in [-0.3, -0.25) is 4.79 Å². The summed E-state index contributed by atoms with van der Waals surface area (Å²) in [7, 11) is 1.52. The van der Waals surface area contributed by atoms with Gasteiger partial charge in [0.1, 0.15) is 5.75 Å². The van der Waals surface area contributed by atoms with Gasteiger partial charge in [-0.1, -0.05) is 17.3 Å². The van der Waals surface area contributed by atoms with Crippen LogP contribution in [0.15, 0.2) is 34.9 Å². The largest absolute Gasteiger partial charge is 0.497 e. The average molecular weight is 369 g/mol. The molecule has 2 aromatic heterocycles. The zero-order valence-electron chi connectivity index (χ0n) is 15.4. The first-order chi connectivity index (χ1) is 12.8. The average Bonchev–Trinajstić information content (AvgIpc) is 3.01. The minimum absolute atomic E-state index is 0.235. The number of amides is 1. The highest BCUT2D eigenvalue weighted by molar-refractivity contribution is 6.07. The lowest BCUT2D eigenvalue weighted by Crippen LogP contribution is -2.49. The number of benzene rings is 1. The van der Waals surface area contributed by atoms with Crippen LogP contribution >= 0.6 is 0 Å². The number of ether oxygens (including phenoxy) is 1. The van der Waals surface area contributed by atoms with E-state index in [0.717, 1.165) is 0 Å². The first-order valence-electron chi connectivity index (χ1n) is 8.20. The summed E-state index contributed by atoms with van der Waals surface area (Å²) in [5.74, 6) is -1.16. The Kier molecular flexibility index (Phi) is 4.57. The van der Waals surface area contributed by atoms with Crippen molar-refractivity contribution in [3.8, 4) is 5.75 Å². The fourth-order valence-electron chi connectivity index (χ4n) is 2.86. The second kappa shape index (κ2) is 6.71. The van der Waals surface area contributed by atoms with Gasteiger partial charge in [-0.15, -0.1) is 0 Å². The number of carbonyl (C=O) groups excluding carboxylic acids is 1. The first-order valence-corrected chi connectivity index (χ1v) is 8.20. The van der Waals surface area contributed by atoms with E-state index >= 15 is 0 Å². The van der Waals surface area contributed by atoms with Crippen molar-refractivity contribution in [2.75, 3.05) is 7.11 Å². The van der Waals surface area contributed by atoms with Crippen LogP contribution in [0.5, 0.6) is 5.75 Å². The van der Waals surface area contributed by atoms with Crippen molar-refractivity contribution in [1.29, 1.82) is 0 Å². The van der Waals surface area contributed by atoms with Crippen LogP contribution < -0.4 is 10.1 Å². The molecule has 3 rings (SSSR count). The molecule has 140 valence electrons. The molecule has 8 nitrogen and oxygen atoms in total. The van der Waals surface area contributed by atoms with Crippen LogP contribution in [-0.4, -0.2) is 34.2 Å². The standard InChI is InChI=1S/C19H19N3O5/c1-10-9-14(15-11(2)22-27-17(15)20-10)16(23)21-19(3,18(24)25)12-5-7-13(26-4)8-6-12/h5-9H,1-4H3,(H,21,23)(H,24,25). The van der Waals surface area contributed by atoms with Gasteiger partial charge in [0.05, 0.1) is 23.8 Å². The Morgan fingerprint density at radius 2 is 1.89 bits per heavy atom. The van der Waals surface area contributed by atoms with E-state index in [1.54, 1.807) is 44.2 Å². The summed E-state index contributed by atoms with van der Waals surface area (Å²) in [6, 6.07) is 8.07. The summed E-state index contributed by atoms with van der Waals surface area (Å²) in [6.07, 6.45) is 0. The van der Waals surface area contributed by atoms with Crippen LogP contribution in [0.1, 0.15) is 34.2 Å². The van der Waals surface area contributed by atoms with Crippen molar-refractivity contribution in [3.05, 3.63) is 52.8 Å². The highest BCUT2D eigenvalue weighted by atomic mass is 16.5. The number of methoxy groups -OCH3 is 1. The third-order valence-electron chi connectivity index (χ3n) is 4.45. The molecule has 0 bridgehead atoms. The van der Waals surface area contributed by atoms with E-state index in [4.69, 9.17) is 9.26 Å². The summed E-state index contributed by atoms with van der Waals surface area (Å²) in [5.41, 5.74) is 0.330. The number of hydrogen-bond donors (Lipinski definition) is 2. The molecule has 1 atom stereocenters. The predicted molar refractivity (Wildman–Crippen MR) is 96.7 cm³/mol. The van der Waals surface area contributed by atoms with Crippen LogP contribution in [0.3, 0.4) is 0 Å². The van der Waals surface area contributed by atoms with Crippen molar-refractivity contribution in [1.82, 2.24) is 15.5 Å². The quantitative estimate of drug-likeness (QED) is 0.710. The topological polar surface area (TPSA) is 115 Å². The number of carboxylic acids is 1. The zero-order chi connectivity index (χ0) is 19.8. The third kappa shape index (κ3) is 3.21. The molecule has 3 aromatic rings. The number of aromatic nitrogens is 2. The number of nitrogens with one attached hydrogen (secondary N) is 1. The number of aryl methyl sites for hydroxylation is 2. The van der Waals surface area contributed by atoms with Crippen LogP contribution in [0, 0.1) is 13.8 Å². The van der Waals surface area contributed by atoms with Crippen LogP contribution in [0.4, 0.5) is 0 Å². The minimum Gasteiger partial charge on any atom is -0.497 e. The van der Waals surface area contributed by atoms with Gasteiger partial charge in [-0.2, -0.15) is 0 Å². The zero-order valence-corrected chi connectivity index (χ0v) is 15.4. The maximum Gasteiger partial charge on any atom is 0.333 e. The van der Waals surface area contributed by atoms with E-state index in [1.165, 1.54) is 14.0 Å². The molecule has 0 radical (unpaired) electrons. The second-order valence-corrected chi connectivity index (χ2v) is 6.37. The maximum absolute atomic E-state index is 13.0. The molecule has 0 aliphatic heterocycles. The molecule has 1 unspecified atom stereocenters. The van der Waals surface area contributed by atoms with Gasteiger partial charge in [-0.05, 0) is 44.5 Å². The van der Waals surface area contributed by atoms with Gasteiger partial charge in [0, 0.05) is 5.69 Å². The van der Waals surface area contributed by atoms with Crippen molar-refractivity contribution in [2.45, 2.75) is 26.3 Å². The van der Waals surface area contributed by atoms with Crippen molar-refractivity contribution >= 4 is 23.0 Å². The lowest BCUT2D eigenvalue weighted by molar-refractivity contribution is -0.144. The Morgan fingerprint density at radius 1 is 1.22 bits per heavy atom. The summed E-state index contributed by atoms with van der Waals surface area (Å²) in [5, 5.41) is 16.7. The lowest BCUT2D eigenvalue weighted by Gasteiger charge is -2.27. The van der Waals surface area contributed by atoms with E-state index < -0.39 is 17.4 Å². The number of hydrogen-bond acceptors (Lipinski definition) is 6. The summed E-state index contributed by atoms with van der Waals surface area (Å²) in [4.78, 5) is 29.2. The summed E-state index contributed by atoms with van der Waals surface area (Å²) < 4.78 is 10.2. The predicted octanol–water partition coefficient (Wildman–Crippen LogP) is 2.58. The van der Waals surface area contributed by atoms with Gasteiger partial charge in [0.25, 0.3) is 11.6 Å². The Hall–Kier alpha value is -3.42. The van der Waals surface area contributed by atoms with Crippen molar-refractivity contribution < 1.29 is 24.0 Å². The Morgan fingerprint density at radius 3 is 2.48 bits per heavy atom. The van der Waals surface area contributed by atoms with Gasteiger partial charge in [0.15, 0.2) is 5.54 Å². The molecule has 8 heteroatoms. The van der Waals surface area contributed by atoms with E-state index in [0.29, 0.717) is 28.1 Å². The highest BCUT2D eigenvalue weighted by Gasteiger charge is 2.37. The molecule has 2 N–H and O–H groups in total. The molecule has 2 heterocycles. The fourth-order valence-corrected chi connectivity index (χ4v) is 2.86. The molecule has 1 aromatic carbocycles. The normalized spacial score (nSPS) is 13.2. The molecule has 0 saturated heterocycles. The summed E-state index contributed by atoms with van der Waals surface area (Å²) >= 11 is 0. The molecule has 0 saturated carbocycles. The number of rotatable bonds is 5. The molecule has 1 amide bonds. The number of aliphatic carboxylic acids is 1. The van der Waals surface area contributed by atoms with Gasteiger partial charge in [-0.25, -0.2) is 9.78 Å². The molecule has 27 heavy (non-hydrogen) atoms. The Bertz CT molecular complexity index is 1030. The summed E-state index contributed by atoms with van der Waals surface area (Å²) in [6.45, 7) is 4.84. The number of carboxylic acid groups (broad SMARTS) is 1.